The Hall–Kier alpha value is -1.67. The molecule has 0 unspecified atom stereocenters. The molecule has 1 fully saturated rings. The van der Waals surface area contributed by atoms with Crippen LogP contribution in [0.1, 0.15) is 70.1 Å². The number of aryl methyl sites for hydroxylation is 1. The maximum absolute atomic E-state index is 5.52. The molecule has 3 rings (SSSR count). The molecule has 0 bridgehead atoms. The van der Waals surface area contributed by atoms with Crippen LogP contribution in [0, 0.1) is 0 Å². The summed E-state index contributed by atoms with van der Waals surface area (Å²) in [6.07, 6.45) is 10.2. The minimum Gasteiger partial charge on any atom is -0.363 e. The largest absolute Gasteiger partial charge is 0.363 e. The Morgan fingerprint density at radius 2 is 1.69 bits per heavy atom. The predicted octanol–water partition coefficient (Wildman–Crippen LogP) is 3.34. The first kappa shape index (κ1) is 25.0. The van der Waals surface area contributed by atoms with Crippen molar-refractivity contribution in [2.24, 2.45) is 0 Å². The van der Waals surface area contributed by atoms with Crippen molar-refractivity contribution in [2.45, 2.75) is 83.7 Å². The standard InChI is InChI=1S/C24H43N7S/c1-5-31(6-2)17-9-16-25-24(32)27-19-14-12-18(13-15-19)26-23-28-21-11-8-7-10-20(21)22(29-23)30(3)4/h18-19H,5-17H2,1-4H3,(H2,25,27,32)(H,26,28,29)/t18-,19+. The van der Waals surface area contributed by atoms with Crippen molar-refractivity contribution in [3.8, 4) is 0 Å². The lowest BCUT2D eigenvalue weighted by Crippen LogP contribution is -2.45. The van der Waals surface area contributed by atoms with E-state index in [-0.39, 0.29) is 0 Å². The Kier molecular flexibility index (Phi) is 9.78. The predicted molar refractivity (Wildman–Crippen MR) is 139 cm³/mol. The van der Waals surface area contributed by atoms with Gasteiger partial charge in [0.2, 0.25) is 5.95 Å². The van der Waals surface area contributed by atoms with Crippen LogP contribution < -0.4 is 20.9 Å². The first-order chi connectivity index (χ1) is 15.5. The van der Waals surface area contributed by atoms with Gasteiger partial charge in [-0.3, -0.25) is 0 Å². The first-order valence-electron chi connectivity index (χ1n) is 12.6. The maximum atomic E-state index is 5.52. The fourth-order valence-electron chi connectivity index (χ4n) is 4.85. The molecule has 3 N–H and O–H groups in total. The molecule has 0 aromatic carbocycles. The summed E-state index contributed by atoms with van der Waals surface area (Å²) in [7, 11) is 4.16. The zero-order valence-corrected chi connectivity index (χ0v) is 21.4. The van der Waals surface area contributed by atoms with E-state index in [1.807, 2.05) is 0 Å². The second-order valence-electron chi connectivity index (χ2n) is 9.37. The van der Waals surface area contributed by atoms with Crippen LogP contribution in [0.4, 0.5) is 11.8 Å². The maximum Gasteiger partial charge on any atom is 0.225 e. The number of hydrogen-bond donors (Lipinski definition) is 3. The Balaban J connectivity index is 1.41. The molecule has 1 heterocycles. The molecular weight excluding hydrogens is 418 g/mol. The van der Waals surface area contributed by atoms with Crippen LogP contribution in [-0.4, -0.2) is 72.3 Å². The van der Waals surface area contributed by atoms with Crippen molar-refractivity contribution in [2.75, 3.05) is 50.5 Å². The first-order valence-corrected chi connectivity index (χ1v) is 13.0. The van der Waals surface area contributed by atoms with Crippen molar-refractivity contribution in [1.29, 1.82) is 0 Å². The Morgan fingerprint density at radius 3 is 2.38 bits per heavy atom. The van der Waals surface area contributed by atoms with E-state index in [9.17, 15) is 0 Å². The van der Waals surface area contributed by atoms with Crippen LogP contribution in [0.25, 0.3) is 0 Å². The van der Waals surface area contributed by atoms with Gasteiger partial charge in [0.05, 0.1) is 5.69 Å². The molecule has 0 spiro atoms. The number of fused-ring (bicyclic) bond motifs is 1. The lowest BCUT2D eigenvalue weighted by Gasteiger charge is -2.31. The summed E-state index contributed by atoms with van der Waals surface area (Å²) in [5.74, 6) is 1.89. The smallest absolute Gasteiger partial charge is 0.225 e. The molecule has 0 saturated heterocycles. The summed E-state index contributed by atoms with van der Waals surface area (Å²) in [6, 6.07) is 0.887. The zero-order valence-electron chi connectivity index (χ0n) is 20.5. The lowest BCUT2D eigenvalue weighted by atomic mass is 9.91. The molecule has 8 heteroatoms. The number of thiocarbonyl (C=S) groups is 1. The third kappa shape index (κ3) is 7.17. The number of rotatable bonds is 10. The minimum atomic E-state index is 0.431. The van der Waals surface area contributed by atoms with E-state index in [4.69, 9.17) is 22.2 Å². The normalized spacial score (nSPS) is 20.5. The van der Waals surface area contributed by atoms with Crippen molar-refractivity contribution in [1.82, 2.24) is 25.5 Å². The van der Waals surface area contributed by atoms with Gasteiger partial charge >= 0.3 is 0 Å². The van der Waals surface area contributed by atoms with E-state index in [2.05, 4.69) is 53.7 Å². The van der Waals surface area contributed by atoms with Gasteiger partial charge in [-0.15, -0.1) is 0 Å². The van der Waals surface area contributed by atoms with Gasteiger partial charge in [0.1, 0.15) is 5.82 Å². The second-order valence-corrected chi connectivity index (χ2v) is 9.78. The summed E-state index contributed by atoms with van der Waals surface area (Å²) in [6.45, 7) is 8.72. The van der Waals surface area contributed by atoms with Crippen LogP contribution in [0.5, 0.6) is 0 Å². The van der Waals surface area contributed by atoms with Gasteiger partial charge in [-0.05, 0) is 89.6 Å². The third-order valence-corrected chi connectivity index (χ3v) is 7.07. The molecule has 180 valence electrons. The molecule has 0 radical (unpaired) electrons. The fourth-order valence-corrected chi connectivity index (χ4v) is 5.12. The summed E-state index contributed by atoms with van der Waals surface area (Å²) in [5, 5.41) is 11.3. The summed E-state index contributed by atoms with van der Waals surface area (Å²) >= 11 is 5.52. The monoisotopic (exact) mass is 461 g/mol. The van der Waals surface area contributed by atoms with E-state index in [0.29, 0.717) is 12.1 Å². The third-order valence-electron chi connectivity index (χ3n) is 6.81. The van der Waals surface area contributed by atoms with Crippen LogP contribution in [0.2, 0.25) is 0 Å². The molecule has 2 aliphatic carbocycles. The lowest BCUT2D eigenvalue weighted by molar-refractivity contribution is 0.300. The van der Waals surface area contributed by atoms with Crippen molar-refractivity contribution < 1.29 is 0 Å². The van der Waals surface area contributed by atoms with E-state index < -0.39 is 0 Å². The van der Waals surface area contributed by atoms with Gasteiger partial charge in [0.25, 0.3) is 0 Å². The summed E-state index contributed by atoms with van der Waals surface area (Å²) in [4.78, 5) is 14.3. The van der Waals surface area contributed by atoms with Gasteiger partial charge in [-0.2, -0.15) is 4.98 Å². The molecule has 7 nitrogen and oxygen atoms in total. The van der Waals surface area contributed by atoms with Crippen LogP contribution in [-0.2, 0) is 12.8 Å². The molecule has 0 aliphatic heterocycles. The highest BCUT2D eigenvalue weighted by atomic mass is 32.1. The SMILES string of the molecule is CCN(CC)CCCNC(=S)N[C@H]1CC[C@@H](Nc2nc3c(c(N(C)C)n2)CCCC3)CC1. The Bertz CT molecular complexity index is 727. The molecular formula is C24H43N7S. The van der Waals surface area contributed by atoms with Crippen molar-refractivity contribution in [3.05, 3.63) is 11.3 Å². The fraction of sp³-hybridized carbons (Fsp3) is 0.792. The molecule has 1 saturated carbocycles. The van der Waals surface area contributed by atoms with E-state index >= 15 is 0 Å². The number of anilines is 2. The molecule has 1 aromatic heterocycles. The Labute approximate surface area is 200 Å². The molecule has 32 heavy (non-hydrogen) atoms. The topological polar surface area (TPSA) is 68.3 Å². The average molecular weight is 462 g/mol. The van der Waals surface area contributed by atoms with E-state index in [0.717, 1.165) is 88.0 Å². The highest BCUT2D eigenvalue weighted by Gasteiger charge is 2.24. The van der Waals surface area contributed by atoms with Crippen molar-refractivity contribution in [3.63, 3.8) is 0 Å². The van der Waals surface area contributed by atoms with Crippen LogP contribution >= 0.6 is 12.2 Å². The number of hydrogen-bond acceptors (Lipinski definition) is 6. The molecule has 1 aromatic rings. The second kappa shape index (κ2) is 12.5. The number of aromatic nitrogens is 2. The summed E-state index contributed by atoms with van der Waals surface area (Å²) < 4.78 is 0. The number of nitrogens with zero attached hydrogens (tertiary/aromatic N) is 4. The molecule has 0 amide bonds. The highest BCUT2D eigenvalue weighted by Crippen LogP contribution is 2.29. The number of nitrogens with one attached hydrogen (secondary N) is 3. The minimum absolute atomic E-state index is 0.431. The van der Waals surface area contributed by atoms with Crippen molar-refractivity contribution >= 4 is 29.1 Å². The quantitative estimate of drug-likeness (QED) is 0.362. The zero-order chi connectivity index (χ0) is 22.9. The van der Waals surface area contributed by atoms with Crippen LogP contribution in [0.3, 0.4) is 0 Å². The average Bonchev–Trinajstić information content (AvgIpc) is 2.80. The van der Waals surface area contributed by atoms with E-state index in [1.54, 1.807) is 0 Å². The van der Waals surface area contributed by atoms with Crippen LogP contribution in [0.15, 0.2) is 0 Å². The summed E-state index contributed by atoms with van der Waals surface area (Å²) in [5.41, 5.74) is 2.59. The molecule has 0 atom stereocenters. The van der Waals surface area contributed by atoms with Gasteiger partial charge < -0.3 is 25.8 Å². The Morgan fingerprint density at radius 1 is 1.00 bits per heavy atom. The van der Waals surface area contributed by atoms with E-state index in [1.165, 1.54) is 24.1 Å². The molecule has 2 aliphatic rings. The van der Waals surface area contributed by atoms with Gasteiger partial charge in [-0.1, -0.05) is 13.8 Å². The highest BCUT2D eigenvalue weighted by molar-refractivity contribution is 7.80. The van der Waals surface area contributed by atoms with Gasteiger partial charge in [-0.25, -0.2) is 4.98 Å². The van der Waals surface area contributed by atoms with Gasteiger partial charge in [0.15, 0.2) is 5.11 Å². The van der Waals surface area contributed by atoms with Gasteiger partial charge in [0, 0.05) is 38.3 Å².